The van der Waals surface area contributed by atoms with Crippen LogP contribution in [-0.4, -0.2) is 24.0 Å². The lowest BCUT2D eigenvalue weighted by Gasteiger charge is -2.19. The van der Waals surface area contributed by atoms with Crippen molar-refractivity contribution in [1.29, 1.82) is 0 Å². The Bertz CT molecular complexity index is 634. The molecule has 0 bridgehead atoms. The van der Waals surface area contributed by atoms with Gasteiger partial charge < -0.3 is 15.7 Å². The van der Waals surface area contributed by atoms with Crippen LogP contribution in [0.15, 0.2) is 54.6 Å². The van der Waals surface area contributed by atoms with Gasteiger partial charge in [0.2, 0.25) is 0 Å². The van der Waals surface area contributed by atoms with Crippen LogP contribution < -0.4 is 10.6 Å². The summed E-state index contributed by atoms with van der Waals surface area (Å²) in [6.45, 7) is 0.114. The molecule has 2 aromatic rings. The number of benzene rings is 2. The Balaban J connectivity index is 2.00. The third-order valence-electron chi connectivity index (χ3n) is 3.65. The van der Waals surface area contributed by atoms with Crippen molar-refractivity contribution >= 4 is 23.5 Å². The molecule has 2 amide bonds. The molecule has 0 aliphatic carbocycles. The van der Waals surface area contributed by atoms with Crippen molar-refractivity contribution in [2.75, 3.05) is 18.2 Å². The predicted octanol–water partition coefficient (Wildman–Crippen LogP) is 4.18. The fourth-order valence-corrected chi connectivity index (χ4v) is 3.05. The molecule has 0 heterocycles. The highest BCUT2D eigenvalue weighted by molar-refractivity contribution is 7.97. The van der Waals surface area contributed by atoms with Crippen molar-refractivity contribution in [2.24, 2.45) is 0 Å². The summed E-state index contributed by atoms with van der Waals surface area (Å²) in [6, 6.07) is 17.3. The highest BCUT2D eigenvalue weighted by atomic mass is 32.2. The standard InChI is InChI=1S/C19H24N2O2S/c1-24-14-15-7-5-10-17(13-15)20-19(23)21-18(11-6-12-22)16-8-3-2-4-9-16/h2-5,7-10,13,18,22H,6,11-12,14H2,1H3,(H2,20,21,23)/t18-/m1/s1. The lowest BCUT2D eigenvalue weighted by atomic mass is 10.0. The number of anilines is 1. The molecule has 0 aliphatic heterocycles. The van der Waals surface area contributed by atoms with Crippen molar-refractivity contribution in [3.05, 3.63) is 65.7 Å². The summed E-state index contributed by atoms with van der Waals surface area (Å²) in [6.07, 6.45) is 3.39. The second kappa shape index (κ2) is 10.0. The van der Waals surface area contributed by atoms with Crippen LogP contribution in [0.3, 0.4) is 0 Å². The molecular weight excluding hydrogens is 320 g/mol. The Morgan fingerprint density at radius 1 is 1.17 bits per heavy atom. The number of urea groups is 1. The lowest BCUT2D eigenvalue weighted by Crippen LogP contribution is -2.32. The van der Waals surface area contributed by atoms with Crippen LogP contribution in [-0.2, 0) is 5.75 Å². The summed E-state index contributed by atoms with van der Waals surface area (Å²) in [7, 11) is 0. The number of rotatable bonds is 8. The van der Waals surface area contributed by atoms with E-state index in [2.05, 4.69) is 16.9 Å². The Morgan fingerprint density at radius 3 is 2.67 bits per heavy atom. The number of aliphatic hydroxyl groups excluding tert-OH is 1. The van der Waals surface area contributed by atoms with Crippen molar-refractivity contribution in [2.45, 2.75) is 24.6 Å². The average Bonchev–Trinajstić information content (AvgIpc) is 2.60. The van der Waals surface area contributed by atoms with Crippen molar-refractivity contribution in [1.82, 2.24) is 5.32 Å². The van der Waals surface area contributed by atoms with Gasteiger partial charge in [-0.15, -0.1) is 0 Å². The predicted molar refractivity (Wildman–Crippen MR) is 101 cm³/mol. The summed E-state index contributed by atoms with van der Waals surface area (Å²) in [5, 5.41) is 15.0. The van der Waals surface area contributed by atoms with Crippen molar-refractivity contribution in [3.8, 4) is 0 Å². The normalized spacial score (nSPS) is 11.8. The van der Waals surface area contributed by atoms with E-state index in [1.807, 2.05) is 54.6 Å². The first kappa shape index (κ1) is 18.4. The van der Waals surface area contributed by atoms with Gasteiger partial charge >= 0.3 is 6.03 Å². The molecule has 0 radical (unpaired) electrons. The van der Waals surface area contributed by atoms with Gasteiger partial charge in [-0.3, -0.25) is 0 Å². The maximum atomic E-state index is 12.3. The highest BCUT2D eigenvalue weighted by Gasteiger charge is 2.14. The summed E-state index contributed by atoms with van der Waals surface area (Å²) < 4.78 is 0. The zero-order chi connectivity index (χ0) is 17.2. The lowest BCUT2D eigenvalue weighted by molar-refractivity contribution is 0.244. The Kier molecular flexibility index (Phi) is 7.65. The largest absolute Gasteiger partial charge is 0.396 e. The van der Waals surface area contributed by atoms with Crippen molar-refractivity contribution in [3.63, 3.8) is 0 Å². The topological polar surface area (TPSA) is 61.4 Å². The Labute approximate surface area is 147 Å². The van der Waals surface area contributed by atoms with Crippen LogP contribution in [0.2, 0.25) is 0 Å². The molecule has 0 saturated heterocycles. The number of aliphatic hydroxyl groups is 1. The van der Waals surface area contributed by atoms with Gasteiger partial charge in [0.05, 0.1) is 6.04 Å². The minimum Gasteiger partial charge on any atom is -0.396 e. The first-order valence-corrected chi connectivity index (χ1v) is 9.43. The van der Waals surface area contributed by atoms with Crippen LogP contribution in [0, 0.1) is 0 Å². The van der Waals surface area contributed by atoms with Gasteiger partial charge in [0.15, 0.2) is 0 Å². The van der Waals surface area contributed by atoms with E-state index in [1.165, 1.54) is 5.56 Å². The number of thioether (sulfide) groups is 1. The van der Waals surface area contributed by atoms with Crippen LogP contribution in [0.25, 0.3) is 0 Å². The second-order valence-corrected chi connectivity index (χ2v) is 6.43. The molecule has 4 nitrogen and oxygen atoms in total. The highest BCUT2D eigenvalue weighted by Crippen LogP contribution is 2.19. The molecule has 0 saturated carbocycles. The van der Waals surface area contributed by atoms with E-state index in [0.29, 0.717) is 12.8 Å². The van der Waals surface area contributed by atoms with Crippen molar-refractivity contribution < 1.29 is 9.90 Å². The molecule has 3 N–H and O–H groups in total. The van der Waals surface area contributed by atoms with E-state index in [1.54, 1.807) is 11.8 Å². The number of amides is 2. The SMILES string of the molecule is CSCc1cccc(NC(=O)N[C@H](CCCO)c2ccccc2)c1. The molecule has 0 unspecified atom stereocenters. The maximum absolute atomic E-state index is 12.3. The number of carbonyl (C=O) groups is 1. The fraction of sp³-hybridized carbons (Fsp3) is 0.316. The van der Waals surface area contributed by atoms with E-state index >= 15 is 0 Å². The van der Waals surface area contributed by atoms with Gasteiger partial charge in [0, 0.05) is 18.0 Å². The van der Waals surface area contributed by atoms with E-state index in [-0.39, 0.29) is 18.7 Å². The summed E-state index contributed by atoms with van der Waals surface area (Å²) in [5.74, 6) is 0.917. The Morgan fingerprint density at radius 2 is 1.96 bits per heavy atom. The molecule has 0 aromatic heterocycles. The van der Waals surface area contributed by atoms with Crippen LogP contribution in [0.4, 0.5) is 10.5 Å². The second-order valence-electron chi connectivity index (χ2n) is 5.56. The van der Waals surface area contributed by atoms with Gasteiger partial charge in [0.25, 0.3) is 0 Å². The van der Waals surface area contributed by atoms with Crippen LogP contribution in [0.1, 0.15) is 30.0 Å². The summed E-state index contributed by atoms with van der Waals surface area (Å²) >= 11 is 1.75. The monoisotopic (exact) mass is 344 g/mol. The molecular formula is C19H24N2O2S. The van der Waals surface area contributed by atoms with Gasteiger partial charge in [-0.1, -0.05) is 42.5 Å². The minimum atomic E-state index is -0.233. The van der Waals surface area contributed by atoms with E-state index in [4.69, 9.17) is 5.11 Å². The molecule has 0 aliphatic rings. The maximum Gasteiger partial charge on any atom is 0.319 e. The van der Waals surface area contributed by atoms with Crippen LogP contribution >= 0.6 is 11.8 Å². The Hall–Kier alpha value is -1.98. The van der Waals surface area contributed by atoms with Crippen LogP contribution in [0.5, 0.6) is 0 Å². The fourth-order valence-electron chi connectivity index (χ4n) is 2.53. The molecule has 128 valence electrons. The number of hydrogen-bond donors (Lipinski definition) is 3. The number of nitrogens with one attached hydrogen (secondary N) is 2. The summed E-state index contributed by atoms with van der Waals surface area (Å²) in [5.41, 5.74) is 3.01. The quantitative estimate of drug-likeness (QED) is 0.673. The van der Waals surface area contributed by atoms with E-state index in [0.717, 1.165) is 17.0 Å². The molecule has 2 aromatic carbocycles. The zero-order valence-electron chi connectivity index (χ0n) is 13.9. The minimum absolute atomic E-state index is 0.114. The smallest absolute Gasteiger partial charge is 0.319 e. The first-order chi connectivity index (χ1) is 11.7. The van der Waals surface area contributed by atoms with Gasteiger partial charge in [-0.25, -0.2) is 4.79 Å². The summed E-state index contributed by atoms with van der Waals surface area (Å²) in [4.78, 5) is 12.3. The molecule has 24 heavy (non-hydrogen) atoms. The third-order valence-corrected chi connectivity index (χ3v) is 4.28. The third kappa shape index (κ3) is 5.91. The molecule has 0 fully saturated rings. The number of hydrogen-bond acceptors (Lipinski definition) is 3. The molecule has 2 rings (SSSR count). The zero-order valence-corrected chi connectivity index (χ0v) is 14.7. The van der Waals surface area contributed by atoms with Gasteiger partial charge in [0.1, 0.15) is 0 Å². The van der Waals surface area contributed by atoms with E-state index in [9.17, 15) is 4.79 Å². The average molecular weight is 344 g/mol. The molecule has 0 spiro atoms. The van der Waals surface area contributed by atoms with E-state index < -0.39 is 0 Å². The number of carbonyl (C=O) groups excluding carboxylic acids is 1. The molecule has 5 heteroatoms. The first-order valence-electron chi connectivity index (χ1n) is 8.04. The van der Waals surface area contributed by atoms with Gasteiger partial charge in [-0.2, -0.15) is 11.8 Å². The molecule has 1 atom stereocenters. The van der Waals surface area contributed by atoms with Gasteiger partial charge in [-0.05, 0) is 42.4 Å².